The Bertz CT molecular complexity index is 710. The maximum absolute atomic E-state index is 12.0. The second kappa shape index (κ2) is 5.55. The number of hydrogen-bond donors (Lipinski definition) is 1. The third-order valence-electron chi connectivity index (χ3n) is 3.40. The number of nitrogens with zero attached hydrogens (tertiary/aromatic N) is 1. The van der Waals surface area contributed by atoms with Crippen LogP contribution in [-0.4, -0.2) is 22.9 Å². The van der Waals surface area contributed by atoms with E-state index in [1.165, 1.54) is 10.8 Å². The SMILES string of the molecule is O=C(Cn1c2ccccc2c2ccccc21)NCCCl. The van der Waals surface area contributed by atoms with Crippen LogP contribution >= 0.6 is 11.6 Å². The van der Waals surface area contributed by atoms with Gasteiger partial charge in [-0.1, -0.05) is 36.4 Å². The zero-order chi connectivity index (χ0) is 13.9. The Morgan fingerprint density at radius 3 is 2.10 bits per heavy atom. The Morgan fingerprint density at radius 1 is 1.00 bits per heavy atom. The van der Waals surface area contributed by atoms with Gasteiger partial charge in [-0.3, -0.25) is 4.79 Å². The highest BCUT2D eigenvalue weighted by Crippen LogP contribution is 2.28. The van der Waals surface area contributed by atoms with Crippen molar-refractivity contribution >= 4 is 39.3 Å². The summed E-state index contributed by atoms with van der Waals surface area (Å²) in [5.41, 5.74) is 2.16. The van der Waals surface area contributed by atoms with Gasteiger partial charge in [0.05, 0.1) is 0 Å². The van der Waals surface area contributed by atoms with Crippen LogP contribution < -0.4 is 5.32 Å². The van der Waals surface area contributed by atoms with Crippen LogP contribution in [0.25, 0.3) is 21.8 Å². The Hall–Kier alpha value is -2.00. The molecule has 2 aromatic carbocycles. The van der Waals surface area contributed by atoms with Crippen LogP contribution in [0.1, 0.15) is 0 Å². The minimum absolute atomic E-state index is 0.0165. The number of carbonyl (C=O) groups excluding carboxylic acids is 1. The molecule has 3 nitrogen and oxygen atoms in total. The molecule has 1 heterocycles. The van der Waals surface area contributed by atoms with Gasteiger partial charge >= 0.3 is 0 Å². The van der Waals surface area contributed by atoms with Crippen molar-refractivity contribution in [3.05, 3.63) is 48.5 Å². The minimum atomic E-state index is -0.0165. The second-order valence-corrected chi connectivity index (χ2v) is 5.04. The molecule has 0 aliphatic carbocycles. The lowest BCUT2D eigenvalue weighted by atomic mass is 10.2. The van der Waals surface area contributed by atoms with E-state index < -0.39 is 0 Å². The number of hydrogen-bond acceptors (Lipinski definition) is 1. The number of benzene rings is 2. The lowest BCUT2D eigenvalue weighted by molar-refractivity contribution is -0.121. The summed E-state index contributed by atoms with van der Waals surface area (Å²) in [5, 5.41) is 5.16. The van der Waals surface area contributed by atoms with Crippen LogP contribution in [0.4, 0.5) is 0 Å². The molecule has 3 rings (SSSR count). The van der Waals surface area contributed by atoms with Crippen molar-refractivity contribution in [2.75, 3.05) is 12.4 Å². The van der Waals surface area contributed by atoms with Crippen LogP contribution in [-0.2, 0) is 11.3 Å². The van der Waals surface area contributed by atoms with Crippen LogP contribution in [0, 0.1) is 0 Å². The van der Waals surface area contributed by atoms with Gasteiger partial charge in [0.25, 0.3) is 0 Å². The number of aromatic nitrogens is 1. The number of halogens is 1. The molecule has 1 amide bonds. The molecule has 0 radical (unpaired) electrons. The predicted molar refractivity (Wildman–Crippen MR) is 83.2 cm³/mol. The largest absolute Gasteiger partial charge is 0.353 e. The smallest absolute Gasteiger partial charge is 0.240 e. The van der Waals surface area contributed by atoms with Crippen molar-refractivity contribution in [1.82, 2.24) is 9.88 Å². The number of rotatable bonds is 4. The highest BCUT2D eigenvalue weighted by Gasteiger charge is 2.11. The Labute approximate surface area is 122 Å². The number of alkyl halides is 1. The van der Waals surface area contributed by atoms with E-state index in [4.69, 9.17) is 11.6 Å². The van der Waals surface area contributed by atoms with Crippen molar-refractivity contribution in [2.45, 2.75) is 6.54 Å². The van der Waals surface area contributed by atoms with E-state index in [2.05, 4.69) is 17.4 Å². The number of para-hydroxylation sites is 2. The Kier molecular flexibility index (Phi) is 3.61. The van der Waals surface area contributed by atoms with E-state index in [1.54, 1.807) is 0 Å². The summed E-state index contributed by atoms with van der Waals surface area (Å²) in [6, 6.07) is 16.3. The third-order valence-corrected chi connectivity index (χ3v) is 3.59. The average molecular weight is 287 g/mol. The Morgan fingerprint density at radius 2 is 1.55 bits per heavy atom. The fraction of sp³-hybridized carbons (Fsp3) is 0.188. The van der Waals surface area contributed by atoms with E-state index in [9.17, 15) is 4.79 Å². The van der Waals surface area contributed by atoms with Crippen molar-refractivity contribution in [1.29, 1.82) is 0 Å². The van der Waals surface area contributed by atoms with Gasteiger partial charge in [-0.25, -0.2) is 0 Å². The average Bonchev–Trinajstić information content (AvgIpc) is 2.80. The van der Waals surface area contributed by atoms with Gasteiger partial charge in [-0.2, -0.15) is 0 Å². The molecule has 0 atom stereocenters. The van der Waals surface area contributed by atoms with Crippen LogP contribution in [0.2, 0.25) is 0 Å². The summed E-state index contributed by atoms with van der Waals surface area (Å²) in [6.45, 7) is 0.808. The first kappa shape index (κ1) is 13.0. The molecular formula is C16H15ClN2O. The molecular weight excluding hydrogens is 272 g/mol. The van der Waals surface area contributed by atoms with Crippen molar-refractivity contribution in [2.24, 2.45) is 0 Å². The van der Waals surface area contributed by atoms with Gasteiger partial charge in [0.1, 0.15) is 6.54 Å². The predicted octanol–water partition coefficient (Wildman–Crippen LogP) is 3.15. The second-order valence-electron chi connectivity index (χ2n) is 4.66. The molecule has 0 saturated carbocycles. The molecule has 0 bridgehead atoms. The molecule has 1 aromatic heterocycles. The van der Waals surface area contributed by atoms with E-state index in [1.807, 2.05) is 41.0 Å². The third kappa shape index (κ3) is 2.25. The van der Waals surface area contributed by atoms with E-state index in [0.29, 0.717) is 19.0 Å². The summed E-state index contributed by atoms with van der Waals surface area (Å²) >= 11 is 5.60. The molecule has 0 fully saturated rings. The highest BCUT2D eigenvalue weighted by atomic mass is 35.5. The van der Waals surface area contributed by atoms with Crippen molar-refractivity contribution < 1.29 is 4.79 Å². The van der Waals surface area contributed by atoms with Gasteiger partial charge in [-0.05, 0) is 12.1 Å². The molecule has 0 spiro atoms. The molecule has 4 heteroatoms. The van der Waals surface area contributed by atoms with Gasteiger partial charge in [0, 0.05) is 34.2 Å². The normalized spacial score (nSPS) is 11.1. The standard InChI is InChI=1S/C16H15ClN2O/c17-9-10-18-16(20)11-19-14-7-3-1-5-12(14)13-6-2-4-8-15(13)19/h1-8H,9-11H2,(H,18,20). The minimum Gasteiger partial charge on any atom is -0.353 e. The number of nitrogens with one attached hydrogen (secondary N) is 1. The molecule has 0 saturated heterocycles. The monoisotopic (exact) mass is 286 g/mol. The number of carbonyl (C=O) groups is 1. The molecule has 0 unspecified atom stereocenters. The number of fused-ring (bicyclic) bond motifs is 3. The van der Waals surface area contributed by atoms with Gasteiger partial charge in [0.2, 0.25) is 5.91 Å². The topological polar surface area (TPSA) is 34.0 Å². The van der Waals surface area contributed by atoms with E-state index in [-0.39, 0.29) is 5.91 Å². The molecule has 1 N–H and O–H groups in total. The maximum Gasteiger partial charge on any atom is 0.240 e. The fourth-order valence-electron chi connectivity index (χ4n) is 2.56. The molecule has 3 aromatic rings. The molecule has 102 valence electrons. The molecule has 0 aliphatic rings. The highest BCUT2D eigenvalue weighted by molar-refractivity contribution is 6.18. The van der Waals surface area contributed by atoms with Crippen LogP contribution in [0.5, 0.6) is 0 Å². The van der Waals surface area contributed by atoms with Crippen molar-refractivity contribution in [3.8, 4) is 0 Å². The maximum atomic E-state index is 12.0. The Balaban J connectivity index is 2.09. The summed E-state index contributed by atoms with van der Waals surface area (Å²) < 4.78 is 2.05. The number of amides is 1. The van der Waals surface area contributed by atoms with Gasteiger partial charge < -0.3 is 9.88 Å². The zero-order valence-electron chi connectivity index (χ0n) is 11.0. The van der Waals surface area contributed by atoms with Gasteiger partial charge in [0.15, 0.2) is 0 Å². The lowest BCUT2D eigenvalue weighted by Crippen LogP contribution is -2.29. The first-order valence-corrected chi connectivity index (χ1v) is 7.13. The fourth-order valence-corrected chi connectivity index (χ4v) is 2.65. The molecule has 20 heavy (non-hydrogen) atoms. The lowest BCUT2D eigenvalue weighted by Gasteiger charge is -2.07. The van der Waals surface area contributed by atoms with Crippen molar-refractivity contribution in [3.63, 3.8) is 0 Å². The summed E-state index contributed by atoms with van der Waals surface area (Å²) in [6.07, 6.45) is 0. The van der Waals surface area contributed by atoms with Gasteiger partial charge in [-0.15, -0.1) is 11.6 Å². The summed E-state index contributed by atoms with van der Waals surface area (Å²) in [5.74, 6) is 0.413. The summed E-state index contributed by atoms with van der Waals surface area (Å²) in [4.78, 5) is 12.0. The quantitative estimate of drug-likeness (QED) is 0.735. The summed E-state index contributed by atoms with van der Waals surface area (Å²) in [7, 11) is 0. The van der Waals surface area contributed by atoms with E-state index >= 15 is 0 Å². The zero-order valence-corrected chi connectivity index (χ0v) is 11.7. The van der Waals surface area contributed by atoms with Crippen LogP contribution in [0.15, 0.2) is 48.5 Å². The van der Waals surface area contributed by atoms with E-state index in [0.717, 1.165) is 11.0 Å². The first-order chi connectivity index (χ1) is 9.81. The van der Waals surface area contributed by atoms with Crippen LogP contribution in [0.3, 0.4) is 0 Å². The first-order valence-electron chi connectivity index (χ1n) is 6.60. The molecule has 0 aliphatic heterocycles.